The molecule has 0 amide bonds. The van der Waals surface area contributed by atoms with Crippen molar-refractivity contribution in [1.29, 1.82) is 0 Å². The highest BCUT2D eigenvalue weighted by Gasteiger charge is 2.16. The van der Waals surface area contributed by atoms with Crippen molar-refractivity contribution in [2.24, 2.45) is 7.05 Å². The molecule has 1 aromatic carbocycles. The Balaban J connectivity index is 1.72. The van der Waals surface area contributed by atoms with Gasteiger partial charge in [0.25, 0.3) is 5.56 Å². The van der Waals surface area contributed by atoms with Crippen molar-refractivity contribution < 1.29 is 0 Å². The summed E-state index contributed by atoms with van der Waals surface area (Å²) in [5.74, 6) is 0.523. The van der Waals surface area contributed by atoms with Gasteiger partial charge in [-0.15, -0.1) is 0 Å². The van der Waals surface area contributed by atoms with E-state index in [9.17, 15) is 9.59 Å². The standard InChI is InChI=1S/C20H22N6O2/c1-3-4-10-26-19(27)16-18(24(2)20(26)28)23-17(22-16)15-11-21-25(13-15)12-14-8-6-5-7-9-14/h5-9,11,13H,3-4,10,12H2,1-2H3,(H,22,23). The molecule has 0 bridgehead atoms. The van der Waals surface area contributed by atoms with Gasteiger partial charge in [0.1, 0.15) is 11.3 Å². The average Bonchev–Trinajstić information content (AvgIpc) is 3.34. The number of H-pyrrole nitrogens is 1. The zero-order valence-electron chi connectivity index (χ0n) is 15.9. The van der Waals surface area contributed by atoms with Crippen LogP contribution in [-0.2, 0) is 20.1 Å². The fourth-order valence-corrected chi connectivity index (χ4v) is 3.24. The van der Waals surface area contributed by atoms with Crippen molar-refractivity contribution in [1.82, 2.24) is 28.9 Å². The van der Waals surface area contributed by atoms with Crippen molar-refractivity contribution in [3.63, 3.8) is 0 Å². The quantitative estimate of drug-likeness (QED) is 0.556. The van der Waals surface area contributed by atoms with Gasteiger partial charge in [-0.3, -0.25) is 18.6 Å². The summed E-state index contributed by atoms with van der Waals surface area (Å²) < 4.78 is 4.50. The number of rotatable bonds is 6. The molecule has 0 aliphatic heterocycles. The Hall–Kier alpha value is -3.42. The number of nitrogens with zero attached hydrogens (tertiary/aromatic N) is 5. The molecule has 0 atom stereocenters. The second-order valence-electron chi connectivity index (χ2n) is 6.85. The highest BCUT2D eigenvalue weighted by molar-refractivity contribution is 5.75. The van der Waals surface area contributed by atoms with Crippen LogP contribution in [0, 0.1) is 0 Å². The Kier molecular flexibility index (Phi) is 4.68. The fraction of sp³-hybridized carbons (Fsp3) is 0.300. The number of hydrogen-bond donors (Lipinski definition) is 1. The number of aromatic nitrogens is 6. The van der Waals surface area contributed by atoms with Crippen LogP contribution in [-0.4, -0.2) is 28.9 Å². The van der Waals surface area contributed by atoms with E-state index in [-0.39, 0.29) is 11.2 Å². The van der Waals surface area contributed by atoms with Gasteiger partial charge in [-0.2, -0.15) is 5.10 Å². The summed E-state index contributed by atoms with van der Waals surface area (Å²) in [7, 11) is 1.63. The Labute approximate surface area is 161 Å². The molecule has 0 saturated carbocycles. The lowest BCUT2D eigenvalue weighted by molar-refractivity contribution is 0.566. The van der Waals surface area contributed by atoms with E-state index in [4.69, 9.17) is 0 Å². The molecule has 1 N–H and O–H groups in total. The van der Waals surface area contributed by atoms with E-state index in [1.807, 2.05) is 48.1 Å². The van der Waals surface area contributed by atoms with Crippen LogP contribution in [0.3, 0.4) is 0 Å². The van der Waals surface area contributed by atoms with Crippen molar-refractivity contribution in [2.75, 3.05) is 0 Å². The fourth-order valence-electron chi connectivity index (χ4n) is 3.24. The van der Waals surface area contributed by atoms with Gasteiger partial charge in [-0.1, -0.05) is 43.7 Å². The number of nitrogens with one attached hydrogen (secondary N) is 1. The lowest BCUT2D eigenvalue weighted by Gasteiger charge is -2.06. The topological polar surface area (TPSA) is 90.5 Å². The maximum Gasteiger partial charge on any atom is 0.332 e. The molecule has 8 nitrogen and oxygen atoms in total. The second kappa shape index (κ2) is 7.30. The maximum absolute atomic E-state index is 12.8. The van der Waals surface area contributed by atoms with Crippen LogP contribution in [0.5, 0.6) is 0 Å². The van der Waals surface area contributed by atoms with Gasteiger partial charge < -0.3 is 4.98 Å². The summed E-state index contributed by atoms with van der Waals surface area (Å²) in [4.78, 5) is 32.8. The molecule has 3 aromatic heterocycles. The number of imidazole rings is 1. The summed E-state index contributed by atoms with van der Waals surface area (Å²) in [5.41, 5.74) is 1.92. The van der Waals surface area contributed by atoms with Crippen molar-refractivity contribution >= 4 is 11.2 Å². The number of aromatic amines is 1. The number of benzene rings is 1. The maximum atomic E-state index is 12.8. The molecule has 0 aliphatic rings. The Morgan fingerprint density at radius 1 is 1.14 bits per heavy atom. The summed E-state index contributed by atoms with van der Waals surface area (Å²) in [6, 6.07) is 10.0. The Morgan fingerprint density at radius 2 is 1.93 bits per heavy atom. The predicted molar refractivity (Wildman–Crippen MR) is 107 cm³/mol. The highest BCUT2D eigenvalue weighted by atomic mass is 16.2. The number of aryl methyl sites for hydroxylation is 1. The molecule has 4 aromatic rings. The SMILES string of the molecule is CCCCn1c(=O)c2[nH]c(-c3cnn(Cc4ccccc4)c3)nc2n(C)c1=O. The molecular weight excluding hydrogens is 356 g/mol. The molecule has 0 spiro atoms. The van der Waals surface area contributed by atoms with Gasteiger partial charge >= 0.3 is 5.69 Å². The van der Waals surface area contributed by atoms with Gasteiger partial charge in [0.15, 0.2) is 5.65 Å². The molecule has 0 radical (unpaired) electrons. The minimum atomic E-state index is -0.344. The largest absolute Gasteiger partial charge is 0.332 e. The van der Waals surface area contributed by atoms with Gasteiger partial charge in [-0.05, 0) is 12.0 Å². The van der Waals surface area contributed by atoms with E-state index < -0.39 is 0 Å². The first kappa shape index (κ1) is 18.0. The van der Waals surface area contributed by atoms with Gasteiger partial charge in [0, 0.05) is 19.8 Å². The molecule has 0 fully saturated rings. The number of unbranched alkanes of at least 4 members (excludes halogenated alkanes) is 1. The van der Waals surface area contributed by atoms with E-state index in [1.165, 1.54) is 9.13 Å². The van der Waals surface area contributed by atoms with Gasteiger partial charge in [0.05, 0.1) is 18.3 Å². The minimum Gasteiger partial charge on any atom is -0.332 e. The van der Waals surface area contributed by atoms with Gasteiger partial charge in [0.2, 0.25) is 0 Å². The summed E-state index contributed by atoms with van der Waals surface area (Å²) >= 11 is 0. The number of hydrogen-bond acceptors (Lipinski definition) is 4. The number of fused-ring (bicyclic) bond motifs is 1. The third-order valence-electron chi connectivity index (χ3n) is 4.81. The van der Waals surface area contributed by atoms with Crippen LogP contribution in [0.1, 0.15) is 25.3 Å². The molecule has 4 rings (SSSR count). The second-order valence-corrected chi connectivity index (χ2v) is 6.85. The zero-order chi connectivity index (χ0) is 19.7. The molecular formula is C20H22N6O2. The summed E-state index contributed by atoms with van der Waals surface area (Å²) in [6.45, 7) is 3.07. The average molecular weight is 378 g/mol. The van der Waals surface area contributed by atoms with E-state index in [1.54, 1.807) is 13.2 Å². The molecule has 8 heteroatoms. The first-order chi connectivity index (χ1) is 13.6. The van der Waals surface area contributed by atoms with E-state index in [0.717, 1.165) is 24.0 Å². The predicted octanol–water partition coefficient (Wildman–Crippen LogP) is 2.14. The third kappa shape index (κ3) is 3.17. The Bertz CT molecular complexity index is 1230. The van der Waals surface area contributed by atoms with E-state index in [0.29, 0.717) is 30.1 Å². The zero-order valence-corrected chi connectivity index (χ0v) is 15.9. The molecule has 0 unspecified atom stereocenters. The molecule has 28 heavy (non-hydrogen) atoms. The Morgan fingerprint density at radius 3 is 2.68 bits per heavy atom. The third-order valence-corrected chi connectivity index (χ3v) is 4.81. The van der Waals surface area contributed by atoms with Crippen LogP contribution in [0.25, 0.3) is 22.6 Å². The smallest absolute Gasteiger partial charge is 0.332 e. The molecule has 3 heterocycles. The summed E-state index contributed by atoms with van der Waals surface area (Å²) in [5, 5.41) is 4.38. The van der Waals surface area contributed by atoms with Crippen LogP contribution in [0.15, 0.2) is 52.3 Å². The monoisotopic (exact) mass is 378 g/mol. The molecule has 0 saturated heterocycles. The lowest BCUT2D eigenvalue weighted by Crippen LogP contribution is -2.39. The van der Waals surface area contributed by atoms with Crippen LogP contribution < -0.4 is 11.2 Å². The molecule has 0 aliphatic carbocycles. The first-order valence-corrected chi connectivity index (χ1v) is 9.34. The molecule has 144 valence electrons. The lowest BCUT2D eigenvalue weighted by atomic mass is 10.2. The van der Waals surface area contributed by atoms with Gasteiger partial charge in [-0.25, -0.2) is 9.78 Å². The van der Waals surface area contributed by atoms with E-state index >= 15 is 0 Å². The van der Waals surface area contributed by atoms with Crippen molar-refractivity contribution in [3.05, 3.63) is 69.1 Å². The first-order valence-electron chi connectivity index (χ1n) is 9.34. The summed E-state index contributed by atoms with van der Waals surface area (Å²) in [6.07, 6.45) is 5.25. The normalized spacial score (nSPS) is 11.4. The van der Waals surface area contributed by atoms with E-state index in [2.05, 4.69) is 15.1 Å². The minimum absolute atomic E-state index is 0.332. The van der Waals surface area contributed by atoms with Crippen molar-refractivity contribution in [3.8, 4) is 11.4 Å². The van der Waals surface area contributed by atoms with Crippen molar-refractivity contribution in [2.45, 2.75) is 32.9 Å². The van der Waals surface area contributed by atoms with Crippen LogP contribution in [0.4, 0.5) is 0 Å². The van der Waals surface area contributed by atoms with Crippen LogP contribution in [0.2, 0.25) is 0 Å². The highest BCUT2D eigenvalue weighted by Crippen LogP contribution is 2.18. The van der Waals surface area contributed by atoms with Crippen LogP contribution >= 0.6 is 0 Å².